The van der Waals surface area contributed by atoms with Crippen molar-refractivity contribution in [1.82, 2.24) is 9.80 Å². The second-order valence-corrected chi connectivity index (χ2v) is 6.44. The van der Waals surface area contributed by atoms with E-state index >= 15 is 0 Å². The van der Waals surface area contributed by atoms with Gasteiger partial charge in [-0.3, -0.25) is 9.80 Å². The molecule has 0 saturated carbocycles. The van der Waals surface area contributed by atoms with Crippen molar-refractivity contribution in [2.24, 2.45) is 0 Å². The minimum Gasteiger partial charge on any atom is -0.395 e. The zero-order valence-electron chi connectivity index (χ0n) is 13.3. The summed E-state index contributed by atoms with van der Waals surface area (Å²) in [6.07, 6.45) is 0. The minimum atomic E-state index is 0.249. The van der Waals surface area contributed by atoms with Crippen LogP contribution in [0.2, 0.25) is 5.02 Å². The maximum absolute atomic E-state index is 9.04. The van der Waals surface area contributed by atoms with Crippen LogP contribution in [0.1, 0.15) is 5.56 Å². The van der Waals surface area contributed by atoms with Crippen LogP contribution >= 0.6 is 11.6 Å². The van der Waals surface area contributed by atoms with Crippen LogP contribution in [-0.2, 0) is 6.54 Å². The highest BCUT2D eigenvalue weighted by atomic mass is 35.5. The molecule has 0 aromatic heterocycles. The Morgan fingerprint density at radius 3 is 2.22 bits per heavy atom. The van der Waals surface area contributed by atoms with E-state index < -0.39 is 0 Å². The minimum absolute atomic E-state index is 0.249. The first-order valence-electron chi connectivity index (χ1n) is 8.15. The Kier molecular flexibility index (Phi) is 5.68. The van der Waals surface area contributed by atoms with Crippen LogP contribution in [0.3, 0.4) is 0 Å². The second-order valence-electron chi connectivity index (χ2n) is 6.01. The molecular weight excluding hydrogens is 308 g/mol. The average Bonchev–Trinajstić information content (AvgIpc) is 2.58. The summed E-state index contributed by atoms with van der Waals surface area (Å²) in [6.45, 7) is 6.16. The molecule has 0 amide bonds. The van der Waals surface area contributed by atoms with Gasteiger partial charge < -0.3 is 5.11 Å². The summed E-state index contributed by atoms with van der Waals surface area (Å²) in [4.78, 5) is 4.81. The number of aliphatic hydroxyl groups excluding tert-OH is 1. The van der Waals surface area contributed by atoms with Gasteiger partial charge in [0.2, 0.25) is 0 Å². The lowest BCUT2D eigenvalue weighted by Crippen LogP contribution is -2.46. The van der Waals surface area contributed by atoms with Crippen LogP contribution < -0.4 is 0 Å². The van der Waals surface area contributed by atoms with E-state index in [-0.39, 0.29) is 6.61 Å². The van der Waals surface area contributed by atoms with Crippen molar-refractivity contribution in [2.75, 3.05) is 39.3 Å². The summed E-state index contributed by atoms with van der Waals surface area (Å²) in [6, 6.07) is 16.7. The number of nitrogens with zero attached hydrogens (tertiary/aromatic N) is 2. The molecule has 1 aliphatic rings. The summed E-state index contributed by atoms with van der Waals surface area (Å²) in [7, 11) is 0. The first kappa shape index (κ1) is 16.5. The molecule has 0 unspecified atom stereocenters. The van der Waals surface area contributed by atoms with Gasteiger partial charge in [-0.1, -0.05) is 48.0 Å². The van der Waals surface area contributed by atoms with Crippen molar-refractivity contribution in [3.63, 3.8) is 0 Å². The van der Waals surface area contributed by atoms with Gasteiger partial charge in [-0.2, -0.15) is 0 Å². The highest BCUT2D eigenvalue weighted by Crippen LogP contribution is 2.26. The lowest BCUT2D eigenvalue weighted by molar-refractivity contribution is 0.108. The largest absolute Gasteiger partial charge is 0.395 e. The number of halogens is 1. The normalized spacial score (nSPS) is 16.6. The van der Waals surface area contributed by atoms with Crippen LogP contribution in [0.5, 0.6) is 0 Å². The van der Waals surface area contributed by atoms with Crippen molar-refractivity contribution in [3.8, 4) is 11.1 Å². The predicted octanol–water partition coefficient (Wildman–Crippen LogP) is 3.12. The van der Waals surface area contributed by atoms with E-state index in [0.717, 1.165) is 44.3 Å². The molecule has 1 aliphatic heterocycles. The van der Waals surface area contributed by atoms with E-state index in [1.54, 1.807) is 0 Å². The lowest BCUT2D eigenvalue weighted by atomic mass is 9.99. The Bertz CT molecular complexity index is 622. The van der Waals surface area contributed by atoms with Crippen molar-refractivity contribution >= 4 is 11.6 Å². The second kappa shape index (κ2) is 7.93. The van der Waals surface area contributed by atoms with Crippen molar-refractivity contribution in [1.29, 1.82) is 0 Å². The third kappa shape index (κ3) is 4.33. The van der Waals surface area contributed by atoms with Gasteiger partial charge in [0, 0.05) is 44.3 Å². The Morgan fingerprint density at radius 2 is 1.52 bits per heavy atom. The number of piperazine rings is 1. The number of hydrogen-bond donors (Lipinski definition) is 1. The molecule has 0 aliphatic carbocycles. The fourth-order valence-electron chi connectivity index (χ4n) is 3.12. The molecule has 2 aromatic rings. The molecule has 0 radical (unpaired) electrons. The van der Waals surface area contributed by atoms with Crippen LogP contribution in [0.15, 0.2) is 48.5 Å². The zero-order valence-corrected chi connectivity index (χ0v) is 14.0. The fourth-order valence-corrected chi connectivity index (χ4v) is 3.25. The summed E-state index contributed by atoms with van der Waals surface area (Å²) in [5.74, 6) is 0. The van der Waals surface area contributed by atoms with Crippen LogP contribution in [0.25, 0.3) is 11.1 Å². The summed E-state index contributed by atoms with van der Waals surface area (Å²) < 4.78 is 0. The smallest absolute Gasteiger partial charge is 0.0558 e. The topological polar surface area (TPSA) is 26.7 Å². The number of β-amino-alcohol motifs (C(OH)–C–C–N with tert-alkyl or cyclic N) is 1. The molecule has 3 rings (SSSR count). The molecule has 4 heteroatoms. The van der Waals surface area contributed by atoms with E-state index in [1.165, 1.54) is 16.7 Å². The van der Waals surface area contributed by atoms with Crippen molar-refractivity contribution in [3.05, 3.63) is 59.1 Å². The van der Waals surface area contributed by atoms with Gasteiger partial charge in [0.25, 0.3) is 0 Å². The van der Waals surface area contributed by atoms with Gasteiger partial charge in [-0.15, -0.1) is 0 Å². The van der Waals surface area contributed by atoms with Crippen molar-refractivity contribution < 1.29 is 5.11 Å². The quantitative estimate of drug-likeness (QED) is 0.912. The SMILES string of the molecule is OCCN1CCN(Cc2ccccc2-c2ccc(Cl)cc2)CC1. The maximum Gasteiger partial charge on any atom is 0.0558 e. The summed E-state index contributed by atoms with van der Waals surface area (Å²) >= 11 is 6.00. The van der Waals surface area contributed by atoms with Gasteiger partial charge in [0.1, 0.15) is 0 Å². The maximum atomic E-state index is 9.04. The van der Waals surface area contributed by atoms with E-state index in [0.29, 0.717) is 0 Å². The molecule has 122 valence electrons. The highest BCUT2D eigenvalue weighted by Gasteiger charge is 2.17. The number of aliphatic hydroxyl groups is 1. The molecule has 0 bridgehead atoms. The molecule has 0 atom stereocenters. The third-order valence-corrected chi connectivity index (χ3v) is 4.70. The summed E-state index contributed by atoms with van der Waals surface area (Å²) in [5, 5.41) is 9.81. The lowest BCUT2D eigenvalue weighted by Gasteiger charge is -2.34. The Hall–Kier alpha value is -1.39. The first-order chi connectivity index (χ1) is 11.3. The van der Waals surface area contributed by atoms with Gasteiger partial charge in [0.05, 0.1) is 6.61 Å². The van der Waals surface area contributed by atoms with Crippen LogP contribution in [0, 0.1) is 0 Å². The van der Waals surface area contributed by atoms with Gasteiger partial charge >= 0.3 is 0 Å². The zero-order chi connectivity index (χ0) is 16.1. The average molecular weight is 331 g/mol. The van der Waals surface area contributed by atoms with Gasteiger partial charge in [-0.05, 0) is 28.8 Å². The van der Waals surface area contributed by atoms with E-state index in [2.05, 4.69) is 46.2 Å². The monoisotopic (exact) mass is 330 g/mol. The first-order valence-corrected chi connectivity index (χ1v) is 8.53. The molecule has 1 N–H and O–H groups in total. The van der Waals surface area contributed by atoms with Crippen LogP contribution in [0.4, 0.5) is 0 Å². The van der Waals surface area contributed by atoms with Gasteiger partial charge in [-0.25, -0.2) is 0 Å². The highest BCUT2D eigenvalue weighted by molar-refractivity contribution is 6.30. The molecule has 23 heavy (non-hydrogen) atoms. The number of benzene rings is 2. The fraction of sp³-hybridized carbons (Fsp3) is 0.368. The standard InChI is InChI=1S/C19H23ClN2O/c20-18-7-5-16(6-8-18)19-4-2-1-3-17(19)15-22-11-9-21(10-12-22)13-14-23/h1-8,23H,9-15H2. The predicted molar refractivity (Wildman–Crippen MR) is 95.7 cm³/mol. The molecular formula is C19H23ClN2O. The Morgan fingerprint density at radius 1 is 0.870 bits per heavy atom. The molecule has 3 nitrogen and oxygen atoms in total. The number of rotatable bonds is 5. The third-order valence-electron chi connectivity index (χ3n) is 4.45. The Labute approximate surface area is 143 Å². The number of hydrogen-bond acceptors (Lipinski definition) is 3. The molecule has 1 heterocycles. The molecule has 1 fully saturated rings. The Balaban J connectivity index is 1.70. The summed E-state index contributed by atoms with van der Waals surface area (Å²) in [5.41, 5.74) is 3.84. The van der Waals surface area contributed by atoms with E-state index in [1.807, 2.05) is 12.1 Å². The van der Waals surface area contributed by atoms with Crippen molar-refractivity contribution in [2.45, 2.75) is 6.54 Å². The van der Waals surface area contributed by atoms with E-state index in [9.17, 15) is 0 Å². The molecule has 1 saturated heterocycles. The van der Waals surface area contributed by atoms with E-state index in [4.69, 9.17) is 16.7 Å². The molecule has 2 aromatic carbocycles. The van der Waals surface area contributed by atoms with Gasteiger partial charge in [0.15, 0.2) is 0 Å². The van der Waals surface area contributed by atoms with Crippen LogP contribution in [-0.4, -0.2) is 54.2 Å². The molecule has 0 spiro atoms.